The monoisotopic (exact) mass is 263 g/mol. The molecule has 0 aliphatic heterocycles. The van der Waals surface area contributed by atoms with E-state index < -0.39 is 11.8 Å². The first-order valence-electron chi connectivity index (χ1n) is 6.14. The summed E-state index contributed by atoms with van der Waals surface area (Å²) in [5.74, 6) is -1.30. The summed E-state index contributed by atoms with van der Waals surface area (Å²) in [6, 6.07) is 20.3. The molecule has 4 nitrogen and oxygen atoms in total. The molecular weight excluding hydrogens is 250 g/mol. The van der Waals surface area contributed by atoms with Crippen molar-refractivity contribution in [3.63, 3.8) is 0 Å². The number of hydrogen-bond donors (Lipinski definition) is 1. The molecule has 20 heavy (non-hydrogen) atoms. The van der Waals surface area contributed by atoms with Crippen LogP contribution < -0.4 is 5.43 Å². The molecule has 0 radical (unpaired) electrons. The number of benzene rings is 2. The Kier molecular flexibility index (Phi) is 4.63. The zero-order chi connectivity index (χ0) is 14.2. The number of amides is 1. The third-order valence-electron chi connectivity index (χ3n) is 2.71. The number of carbonyl (C=O) groups excluding carboxylic acids is 1. The van der Waals surface area contributed by atoms with Crippen molar-refractivity contribution < 1.29 is 4.79 Å². The molecule has 2 rings (SSSR count). The maximum absolute atomic E-state index is 11.9. The van der Waals surface area contributed by atoms with Crippen LogP contribution in [0.4, 0.5) is 0 Å². The van der Waals surface area contributed by atoms with Gasteiger partial charge in [-0.1, -0.05) is 60.7 Å². The maximum Gasteiger partial charge on any atom is 0.261 e. The van der Waals surface area contributed by atoms with Crippen LogP contribution in [0.15, 0.2) is 65.8 Å². The number of hydrogen-bond acceptors (Lipinski definition) is 3. The fraction of sp³-hybridized carbons (Fsp3) is 0.0625. The van der Waals surface area contributed by atoms with E-state index >= 15 is 0 Å². The standard InChI is InChI=1S/C16H13N3O/c17-11-15(14-9-5-2-6-10-14)16(20)19-18-12-13-7-3-1-4-8-13/h1-10,12,15H,(H,19,20)/b18-12-/t15-/m1/s1. The summed E-state index contributed by atoms with van der Waals surface area (Å²) in [6.07, 6.45) is 1.54. The van der Waals surface area contributed by atoms with Gasteiger partial charge in [0.25, 0.3) is 5.91 Å². The van der Waals surface area contributed by atoms with Gasteiger partial charge in [0.1, 0.15) is 0 Å². The predicted molar refractivity (Wildman–Crippen MR) is 77.0 cm³/mol. The van der Waals surface area contributed by atoms with Crippen molar-refractivity contribution in [2.45, 2.75) is 5.92 Å². The van der Waals surface area contributed by atoms with Gasteiger partial charge in [-0.25, -0.2) is 5.43 Å². The average Bonchev–Trinajstić information content (AvgIpc) is 2.50. The van der Waals surface area contributed by atoms with Crippen LogP contribution in [-0.2, 0) is 4.79 Å². The lowest BCUT2D eigenvalue weighted by atomic mass is 10.0. The van der Waals surface area contributed by atoms with Crippen LogP contribution in [0.2, 0.25) is 0 Å². The Morgan fingerprint density at radius 1 is 1.10 bits per heavy atom. The smallest absolute Gasteiger partial charge is 0.261 e. The summed E-state index contributed by atoms with van der Waals surface area (Å²) < 4.78 is 0. The maximum atomic E-state index is 11.9. The highest BCUT2D eigenvalue weighted by Gasteiger charge is 2.19. The second-order valence-corrected chi connectivity index (χ2v) is 4.12. The van der Waals surface area contributed by atoms with Crippen molar-refractivity contribution in [2.24, 2.45) is 5.10 Å². The van der Waals surface area contributed by atoms with Gasteiger partial charge in [-0.2, -0.15) is 10.4 Å². The molecule has 2 aromatic rings. The topological polar surface area (TPSA) is 65.2 Å². The van der Waals surface area contributed by atoms with Gasteiger partial charge in [-0.05, 0) is 11.1 Å². The fourth-order valence-corrected chi connectivity index (χ4v) is 1.70. The summed E-state index contributed by atoms with van der Waals surface area (Å²) in [5, 5.41) is 13.0. The Morgan fingerprint density at radius 3 is 2.30 bits per heavy atom. The van der Waals surface area contributed by atoms with E-state index in [1.54, 1.807) is 24.3 Å². The van der Waals surface area contributed by atoms with Crippen LogP contribution in [0.1, 0.15) is 17.0 Å². The molecule has 1 N–H and O–H groups in total. The zero-order valence-electron chi connectivity index (χ0n) is 10.7. The van der Waals surface area contributed by atoms with E-state index in [9.17, 15) is 4.79 Å². The van der Waals surface area contributed by atoms with E-state index in [1.165, 1.54) is 6.21 Å². The fourth-order valence-electron chi connectivity index (χ4n) is 1.70. The molecule has 1 amide bonds. The predicted octanol–water partition coefficient (Wildman–Crippen LogP) is 2.44. The lowest BCUT2D eigenvalue weighted by molar-refractivity contribution is -0.121. The van der Waals surface area contributed by atoms with Gasteiger partial charge >= 0.3 is 0 Å². The van der Waals surface area contributed by atoms with Crippen LogP contribution in [0.25, 0.3) is 0 Å². The number of nitrogens with zero attached hydrogens (tertiary/aromatic N) is 2. The van der Waals surface area contributed by atoms with Crippen molar-refractivity contribution in [3.8, 4) is 6.07 Å². The molecule has 4 heteroatoms. The summed E-state index contributed by atoms with van der Waals surface area (Å²) in [6.45, 7) is 0. The summed E-state index contributed by atoms with van der Waals surface area (Å²) in [5.41, 5.74) is 3.92. The third-order valence-corrected chi connectivity index (χ3v) is 2.71. The molecule has 0 aliphatic rings. The third kappa shape index (κ3) is 3.53. The molecule has 0 fully saturated rings. The summed E-state index contributed by atoms with van der Waals surface area (Å²) >= 11 is 0. The lowest BCUT2D eigenvalue weighted by Gasteiger charge is -2.06. The Balaban J connectivity index is 2.01. The van der Waals surface area contributed by atoms with Crippen molar-refractivity contribution in [2.75, 3.05) is 0 Å². The molecule has 0 bridgehead atoms. The van der Waals surface area contributed by atoms with Crippen molar-refractivity contribution in [1.82, 2.24) is 5.43 Å². The summed E-state index contributed by atoms with van der Waals surface area (Å²) in [7, 11) is 0. The molecule has 0 saturated carbocycles. The second kappa shape index (κ2) is 6.86. The number of rotatable bonds is 4. The Morgan fingerprint density at radius 2 is 1.70 bits per heavy atom. The first kappa shape index (κ1) is 13.5. The van der Waals surface area contributed by atoms with Crippen LogP contribution in [0.5, 0.6) is 0 Å². The first-order chi connectivity index (χ1) is 9.81. The SMILES string of the molecule is N#C[C@@H](C(=O)N/N=C\c1ccccc1)c1ccccc1. The second-order valence-electron chi connectivity index (χ2n) is 4.12. The van der Waals surface area contributed by atoms with E-state index in [-0.39, 0.29) is 0 Å². The Labute approximate surface area is 117 Å². The minimum absolute atomic E-state index is 0.439. The number of carbonyl (C=O) groups is 1. The minimum atomic E-state index is -0.857. The van der Waals surface area contributed by atoms with E-state index in [2.05, 4.69) is 10.5 Å². The van der Waals surface area contributed by atoms with E-state index in [0.717, 1.165) is 5.56 Å². The Hall–Kier alpha value is -2.93. The molecule has 0 aliphatic carbocycles. The highest BCUT2D eigenvalue weighted by Crippen LogP contribution is 2.14. The Bertz CT molecular complexity index is 630. The van der Waals surface area contributed by atoms with E-state index in [4.69, 9.17) is 5.26 Å². The van der Waals surface area contributed by atoms with E-state index in [1.807, 2.05) is 42.5 Å². The van der Waals surface area contributed by atoms with Gasteiger partial charge in [0.05, 0.1) is 12.3 Å². The highest BCUT2D eigenvalue weighted by molar-refractivity contribution is 5.88. The van der Waals surface area contributed by atoms with Crippen molar-refractivity contribution in [1.29, 1.82) is 5.26 Å². The minimum Gasteiger partial charge on any atom is -0.271 e. The normalized spacial score (nSPS) is 11.8. The van der Waals surface area contributed by atoms with Crippen molar-refractivity contribution in [3.05, 3.63) is 71.8 Å². The molecule has 2 aromatic carbocycles. The molecular formula is C16H13N3O. The number of hydrazone groups is 1. The largest absolute Gasteiger partial charge is 0.271 e. The van der Waals surface area contributed by atoms with Gasteiger partial charge in [-0.15, -0.1) is 0 Å². The molecule has 1 atom stereocenters. The molecule has 98 valence electrons. The highest BCUT2D eigenvalue weighted by atomic mass is 16.2. The van der Waals surface area contributed by atoms with Crippen LogP contribution in [0.3, 0.4) is 0 Å². The number of nitrogens with one attached hydrogen (secondary N) is 1. The van der Waals surface area contributed by atoms with Crippen LogP contribution in [0, 0.1) is 11.3 Å². The molecule has 0 spiro atoms. The van der Waals surface area contributed by atoms with Gasteiger partial charge in [0.2, 0.25) is 0 Å². The number of nitriles is 1. The van der Waals surface area contributed by atoms with Gasteiger partial charge < -0.3 is 0 Å². The van der Waals surface area contributed by atoms with Gasteiger partial charge in [-0.3, -0.25) is 4.79 Å². The quantitative estimate of drug-likeness (QED) is 0.680. The summed E-state index contributed by atoms with van der Waals surface area (Å²) in [4.78, 5) is 11.9. The molecule has 0 unspecified atom stereocenters. The van der Waals surface area contributed by atoms with Gasteiger partial charge in [0.15, 0.2) is 5.92 Å². The van der Waals surface area contributed by atoms with Crippen molar-refractivity contribution >= 4 is 12.1 Å². The van der Waals surface area contributed by atoms with Crippen LogP contribution >= 0.6 is 0 Å². The van der Waals surface area contributed by atoms with Crippen LogP contribution in [-0.4, -0.2) is 12.1 Å². The average molecular weight is 263 g/mol. The molecule has 0 saturated heterocycles. The zero-order valence-corrected chi connectivity index (χ0v) is 10.7. The van der Waals surface area contributed by atoms with E-state index in [0.29, 0.717) is 5.56 Å². The molecule has 0 heterocycles. The molecule has 0 aromatic heterocycles. The first-order valence-corrected chi connectivity index (χ1v) is 6.14. The lowest BCUT2D eigenvalue weighted by Crippen LogP contribution is -2.24. The van der Waals surface area contributed by atoms with Gasteiger partial charge in [0, 0.05) is 0 Å².